The maximum Gasteiger partial charge on any atom is 0.256 e. The number of piperidine rings is 2. The number of nitrogens with one attached hydrogen (secondary N) is 4. The van der Waals surface area contributed by atoms with E-state index < -0.39 is 35.0 Å². The van der Waals surface area contributed by atoms with Crippen molar-refractivity contribution in [1.82, 2.24) is 30.0 Å². The first-order valence-corrected chi connectivity index (χ1v) is 24.7. The van der Waals surface area contributed by atoms with Gasteiger partial charge in [-0.05, 0) is 123 Å². The van der Waals surface area contributed by atoms with Crippen molar-refractivity contribution in [3.05, 3.63) is 102 Å². The molecule has 3 aromatic carbocycles. The highest BCUT2D eigenvalue weighted by atomic mass is 19.1. The number of benzene rings is 3. The molecule has 2 aromatic heterocycles. The molecule has 18 nitrogen and oxygen atoms in total. The van der Waals surface area contributed by atoms with Crippen LogP contribution in [-0.4, -0.2) is 125 Å². The number of hydrogen-bond acceptors (Lipinski definition) is 13. The summed E-state index contributed by atoms with van der Waals surface area (Å²) >= 11 is 0. The summed E-state index contributed by atoms with van der Waals surface area (Å²) in [5.41, 5.74) is 2.63. The van der Waals surface area contributed by atoms with E-state index in [0.29, 0.717) is 83.6 Å². The Kier molecular flexibility index (Phi) is 12.5. The van der Waals surface area contributed by atoms with Gasteiger partial charge in [-0.25, -0.2) is 9.37 Å². The van der Waals surface area contributed by atoms with E-state index in [9.17, 15) is 33.2 Å². The molecule has 1 unspecified atom stereocenters. The fourth-order valence-corrected chi connectivity index (χ4v) is 11.1. The van der Waals surface area contributed by atoms with Crippen molar-refractivity contribution in [1.29, 1.82) is 0 Å². The summed E-state index contributed by atoms with van der Waals surface area (Å²) in [5.74, 6) is 0.358. The molecule has 5 fully saturated rings. The van der Waals surface area contributed by atoms with Crippen molar-refractivity contribution in [2.75, 3.05) is 67.2 Å². The number of amides is 6. The molecule has 3 atom stereocenters. The van der Waals surface area contributed by atoms with Crippen molar-refractivity contribution in [2.24, 2.45) is 11.3 Å². The number of piperazine rings is 1. The van der Waals surface area contributed by atoms with Gasteiger partial charge in [0, 0.05) is 99.9 Å². The van der Waals surface area contributed by atoms with Crippen LogP contribution in [0.4, 0.5) is 27.3 Å². The van der Waals surface area contributed by atoms with Gasteiger partial charge in [0.25, 0.3) is 5.91 Å². The predicted molar refractivity (Wildman–Crippen MR) is 264 cm³/mol. The highest BCUT2D eigenvalue weighted by molar-refractivity contribution is 6.17. The monoisotopic (exact) mass is 978 g/mol. The molecule has 1 saturated carbocycles. The second-order valence-electron chi connectivity index (χ2n) is 19.8. The van der Waals surface area contributed by atoms with Crippen LogP contribution in [0.2, 0.25) is 0 Å². The summed E-state index contributed by atoms with van der Waals surface area (Å²) in [6.07, 6.45) is 8.01. The zero-order valence-electron chi connectivity index (χ0n) is 39.8. The van der Waals surface area contributed by atoms with Gasteiger partial charge >= 0.3 is 0 Å². The number of methoxy groups -OCH3 is 1. The number of halogens is 1. The summed E-state index contributed by atoms with van der Waals surface area (Å²) in [6, 6.07) is 20.1. The van der Waals surface area contributed by atoms with Gasteiger partial charge in [0.1, 0.15) is 40.3 Å². The highest BCUT2D eigenvalue weighted by Crippen LogP contribution is 2.48. The lowest BCUT2D eigenvalue weighted by atomic mass is 9.95. The molecule has 4 saturated heterocycles. The molecule has 0 radical (unpaired) electrons. The van der Waals surface area contributed by atoms with Gasteiger partial charge < -0.3 is 35.2 Å². The van der Waals surface area contributed by atoms with Gasteiger partial charge in [-0.15, -0.1) is 0 Å². The Balaban J connectivity index is 0.634. The van der Waals surface area contributed by atoms with Crippen LogP contribution < -0.4 is 35.6 Å². The average Bonchev–Trinajstić information content (AvgIpc) is 3.84. The van der Waals surface area contributed by atoms with Crippen LogP contribution in [0, 0.1) is 17.2 Å². The third kappa shape index (κ3) is 9.41. The number of likely N-dealkylation sites (tertiary alicyclic amines) is 2. The number of aromatic nitrogens is 2. The van der Waals surface area contributed by atoms with Crippen molar-refractivity contribution < 1.29 is 42.6 Å². The SMILES string of the molecule is COc1cc2c(Oc3ccc(NC(=O)C4(C(=O)Nc5ccc(F)cc5)CC4)cc3)ccnc2cc1N1CCC(CN2C[C@@H]3C[C@H]2CN3CCC(=O)Nc2cc3c(cn2)C(=O)N(C2CCC(=O)NC2=O)C3)CC1. The quantitative estimate of drug-likeness (QED) is 0.0736. The Morgan fingerprint density at radius 1 is 0.833 bits per heavy atom. The van der Waals surface area contributed by atoms with E-state index in [4.69, 9.17) is 14.5 Å². The standard InChI is InChI=1S/C53H55FN10O8/c1-71-45-24-39-41(55-18-12-44(39)72-38-8-6-35(7-9-38)58-52(70)53(16-17-53)51(69)57-34-4-2-33(54)3-5-34)25-43(45)61-19-13-31(14-20-61)27-63-30-36-23-37(63)29-62(36)21-15-48(66)59-46-22-32-28-64(50(68)40(32)26-56-46)42-10-11-47(65)60-49(42)67/h2-9,12,18,22,24-26,31,36-37,42H,10-11,13-17,19-21,23,27-30H2,1H3,(H,57,69)(H,58,70)(H,56,59,66)(H,60,65,67)/t36-,37-,42?/m0/s1. The third-order valence-electron chi connectivity index (χ3n) is 15.3. The summed E-state index contributed by atoms with van der Waals surface area (Å²) < 4.78 is 25.6. The third-order valence-corrected chi connectivity index (χ3v) is 15.3. The first-order valence-electron chi connectivity index (χ1n) is 24.7. The van der Waals surface area contributed by atoms with Crippen LogP contribution in [0.3, 0.4) is 0 Å². The molecule has 5 aromatic rings. The first-order chi connectivity index (χ1) is 34.9. The lowest BCUT2D eigenvalue weighted by molar-refractivity contribution is -0.137. The van der Waals surface area contributed by atoms with E-state index in [2.05, 4.69) is 47.0 Å². The number of imide groups is 1. The van der Waals surface area contributed by atoms with E-state index in [-0.39, 0.29) is 37.1 Å². The molecular weight excluding hydrogens is 924 g/mol. The molecule has 5 aliphatic heterocycles. The molecular formula is C53H55FN10O8. The minimum atomic E-state index is -1.18. The van der Waals surface area contributed by atoms with Gasteiger partial charge in [-0.1, -0.05) is 0 Å². The van der Waals surface area contributed by atoms with Gasteiger partial charge in [-0.2, -0.15) is 0 Å². The van der Waals surface area contributed by atoms with Crippen LogP contribution in [0.15, 0.2) is 85.2 Å². The largest absolute Gasteiger partial charge is 0.495 e. The molecule has 72 heavy (non-hydrogen) atoms. The topological polar surface area (TPSA) is 208 Å². The number of carbonyl (C=O) groups is 6. The molecule has 4 N–H and O–H groups in total. The lowest BCUT2D eigenvalue weighted by Crippen LogP contribution is -2.52. The molecule has 11 rings (SSSR count). The minimum Gasteiger partial charge on any atom is -0.495 e. The van der Waals surface area contributed by atoms with E-state index in [0.717, 1.165) is 74.3 Å². The van der Waals surface area contributed by atoms with Crippen LogP contribution in [0.1, 0.15) is 67.3 Å². The molecule has 0 spiro atoms. The Morgan fingerprint density at radius 3 is 2.22 bits per heavy atom. The summed E-state index contributed by atoms with van der Waals surface area (Å²) in [5, 5.41) is 11.6. The second-order valence-corrected chi connectivity index (χ2v) is 19.8. The number of hydrogen-bond donors (Lipinski definition) is 4. The van der Waals surface area contributed by atoms with Crippen molar-refractivity contribution in [2.45, 2.75) is 76.0 Å². The molecule has 1 aliphatic carbocycles. The summed E-state index contributed by atoms with van der Waals surface area (Å²) in [4.78, 5) is 94.4. The van der Waals surface area contributed by atoms with E-state index in [1.165, 1.54) is 35.4 Å². The normalized spacial score (nSPS) is 21.6. The number of carbonyl (C=O) groups excluding carboxylic acids is 6. The Morgan fingerprint density at radius 2 is 1.54 bits per heavy atom. The number of rotatable bonds is 15. The fraction of sp³-hybridized carbons (Fsp3) is 0.396. The Bertz CT molecular complexity index is 2980. The van der Waals surface area contributed by atoms with Gasteiger partial charge in [0.15, 0.2) is 0 Å². The molecule has 6 aliphatic rings. The molecule has 2 bridgehead atoms. The van der Waals surface area contributed by atoms with Gasteiger partial charge in [0.05, 0.1) is 23.9 Å². The molecule has 6 amide bonds. The van der Waals surface area contributed by atoms with Crippen LogP contribution in [0.25, 0.3) is 10.9 Å². The number of pyridine rings is 2. The van der Waals surface area contributed by atoms with Crippen molar-refractivity contribution in [3.63, 3.8) is 0 Å². The first kappa shape index (κ1) is 46.8. The van der Waals surface area contributed by atoms with E-state index >= 15 is 0 Å². The maximum atomic E-state index is 13.3. The van der Waals surface area contributed by atoms with Crippen LogP contribution in [0.5, 0.6) is 17.2 Å². The van der Waals surface area contributed by atoms with Gasteiger partial charge in [0.2, 0.25) is 29.5 Å². The van der Waals surface area contributed by atoms with Crippen LogP contribution in [-0.2, 0) is 30.5 Å². The van der Waals surface area contributed by atoms with Crippen molar-refractivity contribution >= 4 is 69.2 Å². The Hall–Kier alpha value is -7.51. The number of fused-ring (bicyclic) bond motifs is 4. The maximum absolute atomic E-state index is 13.3. The molecule has 7 heterocycles. The Labute approximate surface area is 414 Å². The average molecular weight is 979 g/mol. The fourth-order valence-electron chi connectivity index (χ4n) is 11.1. The molecule has 372 valence electrons. The summed E-state index contributed by atoms with van der Waals surface area (Å²) in [7, 11) is 1.67. The predicted octanol–water partition coefficient (Wildman–Crippen LogP) is 5.69. The number of nitrogens with zero attached hydrogens (tertiary/aromatic N) is 6. The zero-order chi connectivity index (χ0) is 49.7. The highest BCUT2D eigenvalue weighted by Gasteiger charge is 2.56. The molecule has 19 heteroatoms. The number of ether oxygens (including phenoxy) is 2. The number of anilines is 4. The van der Waals surface area contributed by atoms with E-state index in [1.54, 1.807) is 43.6 Å². The van der Waals surface area contributed by atoms with Gasteiger partial charge in [-0.3, -0.25) is 48.9 Å². The second kappa shape index (κ2) is 19.2. The summed E-state index contributed by atoms with van der Waals surface area (Å²) in [6.45, 7) is 5.64. The van der Waals surface area contributed by atoms with E-state index in [1.807, 2.05) is 12.1 Å². The van der Waals surface area contributed by atoms with Crippen LogP contribution >= 0.6 is 0 Å². The van der Waals surface area contributed by atoms with Crippen molar-refractivity contribution in [3.8, 4) is 17.2 Å². The zero-order valence-corrected chi connectivity index (χ0v) is 39.8. The minimum absolute atomic E-state index is 0.140. The lowest BCUT2D eigenvalue weighted by Gasteiger charge is -2.39. The smallest absolute Gasteiger partial charge is 0.256 e.